The molecule has 1 N–H and O–H groups in total. The molecule has 2 atom stereocenters. The Labute approximate surface area is 169 Å². The molecule has 1 aromatic carbocycles. The first-order chi connectivity index (χ1) is 13.8. The van der Waals surface area contributed by atoms with Gasteiger partial charge in [-0.15, -0.1) is 0 Å². The van der Waals surface area contributed by atoms with Crippen LogP contribution in [0.5, 0.6) is 0 Å². The molecule has 0 radical (unpaired) electrons. The van der Waals surface area contributed by atoms with Crippen LogP contribution in [0.15, 0.2) is 47.1 Å². The van der Waals surface area contributed by atoms with E-state index in [2.05, 4.69) is 9.62 Å². The zero-order valence-electron chi connectivity index (χ0n) is 16.0. The summed E-state index contributed by atoms with van der Waals surface area (Å²) >= 11 is 0. The Kier molecular flexibility index (Phi) is 5.32. The van der Waals surface area contributed by atoms with Gasteiger partial charge in [0.15, 0.2) is 0 Å². The molecule has 1 aromatic heterocycles. The largest absolute Gasteiger partial charge is 0.468 e. The van der Waals surface area contributed by atoms with E-state index in [-0.39, 0.29) is 11.7 Å². The van der Waals surface area contributed by atoms with Crippen LogP contribution in [0.2, 0.25) is 0 Å². The highest BCUT2D eigenvalue weighted by atomic mass is 32.2. The molecule has 1 amide bonds. The van der Waals surface area contributed by atoms with E-state index in [4.69, 9.17) is 4.42 Å². The zero-order chi connectivity index (χ0) is 20.6. The minimum absolute atomic E-state index is 0.215. The van der Waals surface area contributed by atoms with E-state index in [9.17, 15) is 17.6 Å². The van der Waals surface area contributed by atoms with E-state index in [0.29, 0.717) is 38.4 Å². The number of anilines is 1. The van der Waals surface area contributed by atoms with Gasteiger partial charge in [-0.25, -0.2) is 4.39 Å². The number of nitrogens with one attached hydrogen (secondary N) is 1. The molecule has 156 valence electrons. The lowest BCUT2D eigenvalue weighted by Gasteiger charge is -2.41. The number of piperazine rings is 1. The fraction of sp³-hybridized carbons (Fsp3) is 0.421. The van der Waals surface area contributed by atoms with Gasteiger partial charge < -0.3 is 14.2 Å². The molecule has 29 heavy (non-hydrogen) atoms. The summed E-state index contributed by atoms with van der Waals surface area (Å²) in [6.07, 6.45) is 1.77. The number of halogens is 1. The third kappa shape index (κ3) is 4.00. The smallest absolute Gasteiger partial charge is 0.280 e. The quantitative estimate of drug-likeness (QED) is 0.807. The molecule has 2 fully saturated rings. The molecule has 0 spiro atoms. The molecule has 0 saturated carbocycles. The van der Waals surface area contributed by atoms with Crippen molar-refractivity contribution in [3.8, 4) is 0 Å². The Morgan fingerprint density at radius 1 is 1.14 bits per heavy atom. The summed E-state index contributed by atoms with van der Waals surface area (Å²) in [4.78, 5) is 16.9. The Morgan fingerprint density at radius 3 is 2.45 bits per heavy atom. The number of likely N-dealkylation sites (N-methyl/N-ethyl adjacent to an activating group) is 1. The third-order valence-corrected chi connectivity index (χ3v) is 7.12. The van der Waals surface area contributed by atoms with Gasteiger partial charge in [0.2, 0.25) is 5.91 Å². The van der Waals surface area contributed by atoms with Crippen molar-refractivity contribution in [2.24, 2.45) is 0 Å². The highest BCUT2D eigenvalue weighted by Gasteiger charge is 2.43. The van der Waals surface area contributed by atoms with Gasteiger partial charge in [0, 0.05) is 38.9 Å². The molecule has 0 bridgehead atoms. The summed E-state index contributed by atoms with van der Waals surface area (Å²) in [5.41, 5.74) is 0.901. The van der Waals surface area contributed by atoms with Crippen molar-refractivity contribution >= 4 is 21.8 Å². The Bertz CT molecular complexity index is 957. The van der Waals surface area contributed by atoms with Gasteiger partial charge in [-0.1, -0.05) is 0 Å². The van der Waals surface area contributed by atoms with Crippen LogP contribution in [0.25, 0.3) is 0 Å². The summed E-state index contributed by atoms with van der Waals surface area (Å²) in [5, 5.41) is 0. The molecular weight excluding hydrogens is 399 g/mol. The average molecular weight is 422 g/mol. The normalized spacial score (nSPS) is 25.2. The molecule has 2 aromatic rings. The minimum Gasteiger partial charge on any atom is -0.468 e. The highest BCUT2D eigenvalue weighted by Crippen LogP contribution is 2.29. The number of rotatable bonds is 3. The second-order valence-corrected chi connectivity index (χ2v) is 9.01. The number of carbonyl (C=O) groups excluding carboxylic acids is 1. The monoisotopic (exact) mass is 422 g/mol. The molecular formula is C19H23FN4O4S. The second kappa shape index (κ2) is 7.77. The van der Waals surface area contributed by atoms with Gasteiger partial charge in [-0.2, -0.15) is 17.4 Å². The second-order valence-electron chi connectivity index (χ2n) is 7.25. The summed E-state index contributed by atoms with van der Waals surface area (Å²) in [6, 6.07) is 8.26. The molecule has 0 unspecified atom stereocenters. The Balaban J connectivity index is 1.45. The number of nitrogens with zero attached hydrogens (tertiary/aromatic N) is 3. The van der Waals surface area contributed by atoms with Gasteiger partial charge in [0.1, 0.15) is 17.6 Å². The van der Waals surface area contributed by atoms with E-state index in [0.717, 1.165) is 9.99 Å². The fourth-order valence-electron chi connectivity index (χ4n) is 3.82. The van der Waals surface area contributed by atoms with E-state index < -0.39 is 22.3 Å². The number of hydrogen-bond donors (Lipinski definition) is 1. The van der Waals surface area contributed by atoms with Crippen molar-refractivity contribution in [2.75, 3.05) is 38.1 Å². The van der Waals surface area contributed by atoms with Gasteiger partial charge in [0.25, 0.3) is 10.2 Å². The van der Waals surface area contributed by atoms with Crippen LogP contribution in [-0.2, 0) is 15.0 Å². The zero-order valence-corrected chi connectivity index (χ0v) is 16.8. The standard InChI is InChI=1S/C19H23FN4O4S/c1-22-17(13-16(21-29(22,26)27)18-3-2-12-28-18)19(25)24-10-8-23(9-11-24)15-6-4-14(20)5-7-15/h2-7,12,16-17,21H,8-11,13H2,1H3/t16-,17+/m0/s1. The van der Waals surface area contributed by atoms with E-state index in [1.807, 2.05) is 0 Å². The Morgan fingerprint density at radius 2 is 1.83 bits per heavy atom. The van der Waals surface area contributed by atoms with Crippen molar-refractivity contribution in [2.45, 2.75) is 18.5 Å². The van der Waals surface area contributed by atoms with Crippen molar-refractivity contribution in [3.05, 3.63) is 54.2 Å². The van der Waals surface area contributed by atoms with E-state index in [1.165, 1.54) is 25.4 Å². The first-order valence-electron chi connectivity index (χ1n) is 9.43. The van der Waals surface area contributed by atoms with Crippen LogP contribution < -0.4 is 9.62 Å². The lowest BCUT2D eigenvalue weighted by molar-refractivity contribution is -0.136. The summed E-state index contributed by atoms with van der Waals surface area (Å²) < 4.78 is 47.2. The number of amides is 1. The first kappa shape index (κ1) is 19.9. The molecule has 8 nitrogen and oxygen atoms in total. The van der Waals surface area contributed by atoms with Gasteiger partial charge in [0.05, 0.1) is 12.3 Å². The van der Waals surface area contributed by atoms with Gasteiger partial charge >= 0.3 is 0 Å². The number of benzene rings is 1. The maximum absolute atomic E-state index is 13.1. The number of furan rings is 1. The van der Waals surface area contributed by atoms with Crippen molar-refractivity contribution in [1.29, 1.82) is 0 Å². The maximum Gasteiger partial charge on any atom is 0.280 e. The van der Waals surface area contributed by atoms with Crippen LogP contribution in [0.1, 0.15) is 18.2 Å². The van der Waals surface area contributed by atoms with Gasteiger partial charge in [-0.05, 0) is 42.8 Å². The Hall–Kier alpha value is -2.43. The molecule has 2 aliphatic heterocycles. The fourth-order valence-corrected chi connectivity index (χ4v) is 5.07. The molecule has 2 saturated heterocycles. The van der Waals surface area contributed by atoms with E-state index >= 15 is 0 Å². The molecule has 2 aliphatic rings. The van der Waals surface area contributed by atoms with Gasteiger partial charge in [-0.3, -0.25) is 4.79 Å². The summed E-state index contributed by atoms with van der Waals surface area (Å²) in [6.45, 7) is 2.14. The van der Waals surface area contributed by atoms with Crippen LogP contribution in [0.4, 0.5) is 10.1 Å². The van der Waals surface area contributed by atoms with Crippen LogP contribution in [-0.4, -0.2) is 62.8 Å². The minimum atomic E-state index is -3.80. The average Bonchev–Trinajstić information content (AvgIpc) is 3.25. The van der Waals surface area contributed by atoms with Crippen LogP contribution in [0.3, 0.4) is 0 Å². The lowest BCUT2D eigenvalue weighted by atomic mass is 10.0. The predicted octanol–water partition coefficient (Wildman–Crippen LogP) is 1.35. The molecule has 3 heterocycles. The molecule has 4 rings (SSSR count). The van der Waals surface area contributed by atoms with Crippen molar-refractivity contribution in [3.63, 3.8) is 0 Å². The lowest BCUT2D eigenvalue weighted by Crippen LogP contribution is -2.60. The van der Waals surface area contributed by atoms with Crippen molar-refractivity contribution < 1.29 is 22.0 Å². The number of hydrogen-bond acceptors (Lipinski definition) is 5. The van der Waals surface area contributed by atoms with E-state index in [1.54, 1.807) is 29.2 Å². The van der Waals surface area contributed by atoms with Crippen LogP contribution in [0, 0.1) is 5.82 Å². The molecule has 0 aliphatic carbocycles. The van der Waals surface area contributed by atoms with Crippen LogP contribution >= 0.6 is 0 Å². The highest BCUT2D eigenvalue weighted by molar-refractivity contribution is 7.87. The SMILES string of the molecule is CN1[C@@H](C(=O)N2CCN(c3ccc(F)cc3)CC2)C[C@@H](c2ccco2)NS1(=O)=O. The maximum atomic E-state index is 13.1. The van der Waals surface area contributed by atoms with Crippen molar-refractivity contribution in [1.82, 2.24) is 13.9 Å². The first-order valence-corrected chi connectivity index (χ1v) is 10.9. The summed E-state index contributed by atoms with van der Waals surface area (Å²) in [7, 11) is -2.38. The predicted molar refractivity (Wildman–Crippen MR) is 105 cm³/mol. The third-order valence-electron chi connectivity index (χ3n) is 5.52. The number of carbonyl (C=O) groups is 1. The molecule has 10 heteroatoms. The topological polar surface area (TPSA) is 86.1 Å². The summed E-state index contributed by atoms with van der Waals surface area (Å²) in [5.74, 6) is -0.0164.